The van der Waals surface area contributed by atoms with E-state index in [1.165, 1.54) is 11.2 Å². The number of allylic oxidation sites excluding steroid dienone is 1. The fraction of sp³-hybridized carbons (Fsp3) is 0.423. The van der Waals surface area contributed by atoms with Crippen LogP contribution in [-0.2, 0) is 11.3 Å². The van der Waals surface area contributed by atoms with E-state index in [4.69, 9.17) is 5.73 Å². The molecule has 9 heteroatoms. The predicted molar refractivity (Wildman–Crippen MR) is 140 cm³/mol. The molecule has 1 amide bonds. The molecule has 0 bridgehead atoms. The van der Waals surface area contributed by atoms with Crippen molar-refractivity contribution in [2.24, 2.45) is 15.8 Å². The van der Waals surface area contributed by atoms with Crippen LogP contribution in [0.25, 0.3) is 10.9 Å². The smallest absolute Gasteiger partial charge is 0.262 e. The number of hydrogen-bond donors (Lipinski definition) is 1. The lowest BCUT2D eigenvalue weighted by Crippen LogP contribution is -2.49. The van der Waals surface area contributed by atoms with Gasteiger partial charge in [-0.3, -0.25) is 4.79 Å². The van der Waals surface area contributed by atoms with Crippen molar-refractivity contribution in [1.82, 2.24) is 24.8 Å². The number of nitrogens with two attached hydrogens (primary N) is 1. The van der Waals surface area contributed by atoms with Gasteiger partial charge in [-0.1, -0.05) is 44.0 Å². The summed E-state index contributed by atoms with van der Waals surface area (Å²) in [6.07, 6.45) is 3.38. The monoisotopic (exact) mass is 474 g/mol. The highest BCUT2D eigenvalue weighted by Gasteiger charge is 2.25. The second kappa shape index (κ2) is 12.1. The Labute approximate surface area is 207 Å². The molecule has 9 nitrogen and oxygen atoms in total. The van der Waals surface area contributed by atoms with Gasteiger partial charge in [0.1, 0.15) is 13.1 Å². The molecule has 2 N–H and O–H groups in total. The number of carbonyl (C=O) groups excluding carboxylic acids is 1. The molecule has 1 unspecified atom stereocenters. The Morgan fingerprint density at radius 1 is 1.29 bits per heavy atom. The third-order valence-electron chi connectivity index (χ3n) is 5.57. The van der Waals surface area contributed by atoms with Crippen LogP contribution >= 0.6 is 0 Å². The zero-order valence-corrected chi connectivity index (χ0v) is 21.0. The number of carbonyl (C=O) groups is 1. The van der Waals surface area contributed by atoms with Crippen LogP contribution in [0.1, 0.15) is 38.2 Å². The van der Waals surface area contributed by atoms with Crippen LogP contribution in [0.2, 0.25) is 0 Å². The maximum atomic E-state index is 13.4. The first kappa shape index (κ1) is 25.8. The van der Waals surface area contributed by atoms with E-state index in [9.17, 15) is 4.79 Å². The molecule has 1 aliphatic rings. The van der Waals surface area contributed by atoms with Crippen LogP contribution in [0.15, 0.2) is 46.6 Å². The standard InChI is InChI=1S/C26H34N8O/c1-6-8-14-33-18-25(35)34(17-24-30-20(4)22-12-9-10-13-23(22)31-24)28-15-19(3)29-26(33)32(5)16-21(27)11-7-2/h9-10,12-13,15,21H,3,7,11,14,16-18,27H2,1-2,4-5H3/b28-15-,29-26-. The van der Waals surface area contributed by atoms with Gasteiger partial charge in [0, 0.05) is 30.7 Å². The van der Waals surface area contributed by atoms with Gasteiger partial charge in [0.05, 0.1) is 24.0 Å². The fourth-order valence-electron chi connectivity index (χ4n) is 3.90. The minimum absolute atomic E-state index is 0.0122. The van der Waals surface area contributed by atoms with Crippen LogP contribution in [0.5, 0.6) is 0 Å². The molecule has 2 heterocycles. The molecule has 2 aromatic rings. The number of hydrogen-bond acceptors (Lipinski definition) is 8. The number of likely N-dealkylation sites (N-methyl/N-ethyl adjacent to an activating group) is 1. The molecular formula is C26H34N8O. The lowest BCUT2D eigenvalue weighted by atomic mass is 10.2. The minimum atomic E-state index is -0.220. The number of aryl methyl sites for hydroxylation is 1. The van der Waals surface area contributed by atoms with Crippen molar-refractivity contribution in [3.63, 3.8) is 0 Å². The molecule has 1 aromatic heterocycles. The molecule has 0 radical (unpaired) electrons. The molecule has 1 aromatic carbocycles. The molecule has 0 spiro atoms. The molecule has 0 saturated heterocycles. The lowest BCUT2D eigenvalue weighted by molar-refractivity contribution is -0.132. The van der Waals surface area contributed by atoms with Gasteiger partial charge >= 0.3 is 0 Å². The highest BCUT2D eigenvalue weighted by atomic mass is 16.2. The summed E-state index contributed by atoms with van der Waals surface area (Å²) in [5, 5.41) is 6.72. The molecule has 1 atom stereocenters. The Morgan fingerprint density at radius 2 is 2.06 bits per heavy atom. The summed E-state index contributed by atoms with van der Waals surface area (Å²) in [6, 6.07) is 7.79. The van der Waals surface area contributed by atoms with E-state index in [1.807, 2.05) is 48.0 Å². The zero-order valence-electron chi connectivity index (χ0n) is 21.0. The number of benzene rings is 1. The summed E-state index contributed by atoms with van der Waals surface area (Å²) >= 11 is 0. The van der Waals surface area contributed by atoms with Crippen molar-refractivity contribution in [1.29, 1.82) is 0 Å². The molecule has 0 saturated carbocycles. The minimum Gasteiger partial charge on any atom is -0.344 e. The number of guanidine groups is 1. The van der Waals surface area contributed by atoms with E-state index < -0.39 is 0 Å². The lowest BCUT2D eigenvalue weighted by Gasteiger charge is -2.32. The molecule has 184 valence electrons. The highest BCUT2D eigenvalue weighted by molar-refractivity contribution is 5.92. The maximum Gasteiger partial charge on any atom is 0.262 e. The SMILES string of the molecule is C=C1/C=N\N(Cc2nc(C)c3ccccc3n2)C(=O)CN(CC#CC)/C(N(C)CC(N)CCC)=N\1. The van der Waals surface area contributed by atoms with Crippen molar-refractivity contribution in [3.05, 3.63) is 48.1 Å². The van der Waals surface area contributed by atoms with Gasteiger partial charge in [0.2, 0.25) is 5.96 Å². The highest BCUT2D eigenvalue weighted by Crippen LogP contribution is 2.16. The van der Waals surface area contributed by atoms with Crippen molar-refractivity contribution in [2.75, 3.05) is 26.7 Å². The van der Waals surface area contributed by atoms with E-state index in [-0.39, 0.29) is 25.0 Å². The van der Waals surface area contributed by atoms with Crippen LogP contribution in [0.3, 0.4) is 0 Å². The van der Waals surface area contributed by atoms with E-state index in [0.29, 0.717) is 30.6 Å². The van der Waals surface area contributed by atoms with E-state index in [2.05, 4.69) is 45.4 Å². The second-order valence-corrected chi connectivity index (χ2v) is 8.55. The van der Waals surface area contributed by atoms with Crippen molar-refractivity contribution >= 4 is 29.0 Å². The topological polar surface area (TPSA) is 103 Å². The normalized spacial score (nSPS) is 17.6. The van der Waals surface area contributed by atoms with Gasteiger partial charge in [-0.2, -0.15) is 5.10 Å². The van der Waals surface area contributed by atoms with E-state index in [0.717, 1.165) is 29.4 Å². The Hall–Kier alpha value is -3.77. The Morgan fingerprint density at radius 3 is 2.80 bits per heavy atom. The molecule has 0 fully saturated rings. The Bertz CT molecular complexity index is 1190. The molecule has 0 aliphatic carbocycles. The van der Waals surface area contributed by atoms with Crippen LogP contribution in [0.4, 0.5) is 0 Å². The number of aromatic nitrogens is 2. The van der Waals surface area contributed by atoms with Crippen molar-refractivity contribution in [3.8, 4) is 11.8 Å². The van der Waals surface area contributed by atoms with Gasteiger partial charge in [-0.15, -0.1) is 5.92 Å². The molecular weight excluding hydrogens is 440 g/mol. The van der Waals surface area contributed by atoms with E-state index in [1.54, 1.807) is 6.92 Å². The Kier molecular flexibility index (Phi) is 8.92. The third kappa shape index (κ3) is 6.87. The molecule has 3 rings (SSSR count). The van der Waals surface area contributed by atoms with Crippen molar-refractivity contribution < 1.29 is 4.79 Å². The number of aliphatic imine (C=N–C) groups is 1. The third-order valence-corrected chi connectivity index (χ3v) is 5.57. The van der Waals surface area contributed by atoms with E-state index >= 15 is 0 Å². The summed E-state index contributed by atoms with van der Waals surface area (Å²) in [4.78, 5) is 31.1. The summed E-state index contributed by atoms with van der Waals surface area (Å²) < 4.78 is 0. The average molecular weight is 475 g/mol. The van der Waals surface area contributed by atoms with Gasteiger partial charge in [-0.25, -0.2) is 20.0 Å². The number of amides is 1. The maximum absolute atomic E-state index is 13.4. The molecule has 35 heavy (non-hydrogen) atoms. The van der Waals surface area contributed by atoms with Crippen molar-refractivity contribution in [2.45, 2.75) is 46.2 Å². The predicted octanol–water partition coefficient (Wildman–Crippen LogP) is 2.52. The number of hydrazone groups is 1. The van der Waals surface area contributed by atoms with Crippen LogP contribution in [-0.4, -0.2) is 75.6 Å². The largest absolute Gasteiger partial charge is 0.344 e. The zero-order chi connectivity index (χ0) is 25.4. The van der Waals surface area contributed by atoms with Gasteiger partial charge in [0.15, 0.2) is 5.82 Å². The van der Waals surface area contributed by atoms with Gasteiger partial charge in [0.25, 0.3) is 5.91 Å². The molecule has 1 aliphatic heterocycles. The summed E-state index contributed by atoms with van der Waals surface area (Å²) in [7, 11) is 1.91. The van der Waals surface area contributed by atoms with Crippen LogP contribution in [0, 0.1) is 18.8 Å². The first-order valence-electron chi connectivity index (χ1n) is 11.8. The number of nitrogens with zero attached hydrogens (tertiary/aromatic N) is 7. The van der Waals surface area contributed by atoms with Gasteiger partial charge < -0.3 is 15.5 Å². The summed E-state index contributed by atoms with van der Waals surface area (Å²) in [6.45, 7) is 10.9. The average Bonchev–Trinajstić information content (AvgIpc) is 2.87. The summed E-state index contributed by atoms with van der Waals surface area (Å²) in [5.41, 5.74) is 8.38. The quantitative estimate of drug-likeness (QED) is 0.619. The number of para-hydroxylation sites is 1. The second-order valence-electron chi connectivity index (χ2n) is 8.55. The first-order chi connectivity index (χ1) is 16.8. The first-order valence-corrected chi connectivity index (χ1v) is 11.8. The van der Waals surface area contributed by atoms with Crippen LogP contribution < -0.4 is 5.73 Å². The fourth-order valence-corrected chi connectivity index (χ4v) is 3.90. The van der Waals surface area contributed by atoms with Gasteiger partial charge in [-0.05, 0) is 26.3 Å². The summed E-state index contributed by atoms with van der Waals surface area (Å²) in [5.74, 6) is 6.83. The number of fused-ring (bicyclic) bond motifs is 1. The number of rotatable bonds is 7. The Balaban J connectivity index is 1.88.